The van der Waals surface area contributed by atoms with Crippen LogP contribution in [-0.2, 0) is 34.9 Å². The van der Waals surface area contributed by atoms with Gasteiger partial charge in [0.25, 0.3) is 0 Å². The van der Waals surface area contributed by atoms with E-state index in [-0.39, 0.29) is 36.2 Å². The highest BCUT2D eigenvalue weighted by Gasteiger charge is 2.33. The van der Waals surface area contributed by atoms with Crippen LogP contribution >= 0.6 is 7.44 Å². The lowest BCUT2D eigenvalue weighted by Crippen LogP contribution is -2.43. The zero-order valence-electron chi connectivity index (χ0n) is 24.5. The Morgan fingerprint density at radius 1 is 0.949 bits per heavy atom. The van der Waals surface area contributed by atoms with Crippen molar-refractivity contribution < 1.29 is 28.4 Å². The summed E-state index contributed by atoms with van der Waals surface area (Å²) in [5.41, 5.74) is 6.43. The summed E-state index contributed by atoms with van der Waals surface area (Å²) in [5.74, 6) is -0.861. The molecule has 0 fully saturated rings. The first-order valence-corrected chi connectivity index (χ1v) is 14.8. The molecule has 3 atom stereocenters. The van der Waals surface area contributed by atoms with Crippen molar-refractivity contribution in [2.75, 3.05) is 25.3 Å². The zero-order chi connectivity index (χ0) is 29.6. The summed E-state index contributed by atoms with van der Waals surface area (Å²) in [4.78, 5) is 37.6. The average Bonchev–Trinajstić information content (AvgIpc) is 3.22. The largest absolute Gasteiger partial charge is 0.464 e. The molecule has 0 unspecified atom stereocenters. The number of fused-ring (bicyclic) bond motifs is 1. The van der Waals surface area contributed by atoms with E-state index in [1.54, 1.807) is 31.7 Å². The van der Waals surface area contributed by atoms with Gasteiger partial charge in [-0.1, -0.05) is 41.5 Å². The van der Waals surface area contributed by atoms with Crippen LogP contribution in [0.15, 0.2) is 12.7 Å². The lowest BCUT2D eigenvalue weighted by atomic mass is 9.99. The van der Waals surface area contributed by atoms with Crippen molar-refractivity contribution in [2.45, 2.75) is 87.0 Å². The van der Waals surface area contributed by atoms with Gasteiger partial charge in [-0.3, -0.25) is 14.2 Å². The summed E-state index contributed by atoms with van der Waals surface area (Å²) < 4.78 is 32.4. The number of anilines is 1. The van der Waals surface area contributed by atoms with Crippen molar-refractivity contribution in [2.24, 2.45) is 10.8 Å². The van der Waals surface area contributed by atoms with Gasteiger partial charge >= 0.3 is 11.9 Å². The molecule has 0 radical (unpaired) electrons. The first kappa shape index (κ1) is 32.6. The fourth-order valence-electron chi connectivity index (χ4n) is 3.26. The minimum Gasteiger partial charge on any atom is -0.464 e. The first-order valence-electron chi connectivity index (χ1n) is 12.9. The molecule has 0 aliphatic carbocycles. The van der Waals surface area contributed by atoms with E-state index in [4.69, 9.17) is 19.9 Å². The van der Waals surface area contributed by atoms with Gasteiger partial charge in [-0.05, 0) is 31.6 Å². The van der Waals surface area contributed by atoms with Crippen molar-refractivity contribution in [1.82, 2.24) is 29.7 Å². The lowest BCUT2D eigenvalue weighted by Gasteiger charge is -2.28. The zero-order valence-corrected chi connectivity index (χ0v) is 25.4. The Balaban J connectivity index is 2.12. The number of nitrogens with one attached hydrogen (secondary N) is 2. The molecule has 4 N–H and O–H groups in total. The second-order valence-electron chi connectivity index (χ2n) is 12.2. The van der Waals surface area contributed by atoms with E-state index in [0.29, 0.717) is 17.7 Å². The molecule has 2 aromatic heterocycles. The van der Waals surface area contributed by atoms with Crippen molar-refractivity contribution >= 4 is 36.4 Å². The van der Waals surface area contributed by atoms with Gasteiger partial charge in [0.2, 0.25) is 7.44 Å². The molecule has 2 rings (SSSR count). The predicted octanol–water partition coefficient (Wildman–Crippen LogP) is 3.10. The lowest BCUT2D eigenvalue weighted by molar-refractivity contribution is -0.148. The Morgan fingerprint density at radius 3 is 1.95 bits per heavy atom. The molecule has 0 aliphatic heterocycles. The number of imidazole rings is 1. The molecule has 2 aromatic rings. The molecule has 0 amide bonds. The van der Waals surface area contributed by atoms with Crippen LogP contribution in [0.4, 0.5) is 5.82 Å². The molecule has 220 valence electrons. The van der Waals surface area contributed by atoms with Crippen LogP contribution in [0.3, 0.4) is 0 Å². The Labute approximate surface area is 230 Å². The number of aromatic nitrogens is 4. The molecule has 0 saturated heterocycles. The summed E-state index contributed by atoms with van der Waals surface area (Å²) in [5, 5.41) is 5.64. The first-order chi connectivity index (χ1) is 17.9. The third-order valence-corrected chi connectivity index (χ3v) is 7.35. The molecular weight excluding hydrogens is 525 g/mol. The van der Waals surface area contributed by atoms with E-state index in [1.807, 2.05) is 41.5 Å². The number of hydrogen-bond donors (Lipinski definition) is 3. The quantitative estimate of drug-likeness (QED) is 0.238. The number of carbonyl (C=O) groups is 2. The molecule has 39 heavy (non-hydrogen) atoms. The van der Waals surface area contributed by atoms with E-state index in [0.717, 1.165) is 0 Å². The van der Waals surface area contributed by atoms with E-state index in [9.17, 15) is 14.2 Å². The van der Waals surface area contributed by atoms with Gasteiger partial charge in [0.05, 0.1) is 32.2 Å². The third-order valence-electron chi connectivity index (χ3n) is 5.23. The number of esters is 2. The molecule has 0 aromatic carbocycles. The maximum absolute atomic E-state index is 14.0. The van der Waals surface area contributed by atoms with Crippen LogP contribution in [0.25, 0.3) is 11.2 Å². The van der Waals surface area contributed by atoms with Gasteiger partial charge in [0.15, 0.2) is 11.5 Å². The van der Waals surface area contributed by atoms with Crippen LogP contribution in [0.1, 0.15) is 62.3 Å². The van der Waals surface area contributed by atoms with E-state index >= 15 is 0 Å². The molecule has 0 aliphatic rings. The molecule has 13 nitrogen and oxygen atoms in total. The highest BCUT2D eigenvalue weighted by Crippen LogP contribution is 2.38. The second kappa shape index (κ2) is 13.2. The van der Waals surface area contributed by atoms with Crippen molar-refractivity contribution in [3.8, 4) is 0 Å². The van der Waals surface area contributed by atoms with Gasteiger partial charge in [-0.15, -0.1) is 0 Å². The van der Waals surface area contributed by atoms with Crippen LogP contribution in [0, 0.1) is 10.8 Å². The van der Waals surface area contributed by atoms with E-state index in [1.165, 1.54) is 6.33 Å². The van der Waals surface area contributed by atoms with E-state index < -0.39 is 37.6 Å². The highest BCUT2D eigenvalue weighted by molar-refractivity contribution is 7.59. The molecule has 14 heteroatoms. The Morgan fingerprint density at radius 2 is 1.46 bits per heavy atom. The van der Waals surface area contributed by atoms with E-state index in [2.05, 4.69) is 25.1 Å². The van der Waals surface area contributed by atoms with Crippen molar-refractivity contribution in [3.05, 3.63) is 12.7 Å². The summed E-state index contributed by atoms with van der Waals surface area (Å²) in [6, 6.07) is -1.86. The number of nitrogens with zero attached hydrogens (tertiary/aromatic N) is 4. The summed E-state index contributed by atoms with van der Waals surface area (Å²) in [6.45, 7) is 17.3. The molecular formula is C25H44N7O6P. The van der Waals surface area contributed by atoms with Crippen molar-refractivity contribution in [1.29, 1.82) is 0 Å². The fraction of sp³-hybridized carbons (Fsp3) is 0.720. The van der Waals surface area contributed by atoms with Crippen LogP contribution < -0.4 is 15.9 Å². The summed E-state index contributed by atoms with van der Waals surface area (Å²) >= 11 is 0. The number of rotatable bonds is 13. The standard InChI is InChI=1S/C25H44N7O6P/c1-16(10-32-14-29-19-20(26)27-13-28-21(19)32)38-15-39(35,30-17(2)22(33)36-11-24(4,5)6)31-18(3)23(34)37-12-25(7,8)9/h13-14,16-18H,10-12,15H2,1-9H3,(H2,26,27,28)(H2,30,31,35)/t16-,17+,18+/m1/s1. The minimum absolute atomic E-state index is 0.200. The third kappa shape index (κ3) is 10.8. The molecule has 0 spiro atoms. The fourth-order valence-corrected chi connectivity index (χ4v) is 5.41. The second-order valence-corrected chi connectivity index (χ2v) is 14.5. The molecule has 0 saturated carbocycles. The summed E-state index contributed by atoms with van der Waals surface area (Å²) in [6.07, 6.45) is 2.17. The van der Waals surface area contributed by atoms with Gasteiger partial charge in [-0.25, -0.2) is 25.1 Å². The van der Waals surface area contributed by atoms with Gasteiger partial charge < -0.3 is 24.5 Å². The molecule has 0 bridgehead atoms. The Kier molecular flexibility index (Phi) is 11.0. The molecule has 2 heterocycles. The number of nitrogens with two attached hydrogens (primary N) is 1. The van der Waals surface area contributed by atoms with Gasteiger partial charge in [-0.2, -0.15) is 0 Å². The number of carbonyl (C=O) groups excluding carboxylic acids is 2. The van der Waals surface area contributed by atoms with Gasteiger partial charge in [0, 0.05) is 0 Å². The highest BCUT2D eigenvalue weighted by atomic mass is 31.2. The number of hydrogen-bond acceptors (Lipinski definition) is 10. The topological polar surface area (TPSA) is 173 Å². The van der Waals surface area contributed by atoms with Gasteiger partial charge in [0.1, 0.15) is 30.3 Å². The van der Waals surface area contributed by atoms with Crippen molar-refractivity contribution in [3.63, 3.8) is 0 Å². The SMILES string of the molecule is C[C@H](Cn1cnc2c(N)ncnc21)OCP(=O)(N[C@@H](C)C(=O)OCC(C)(C)C)N[C@@H](C)C(=O)OCC(C)(C)C. The monoisotopic (exact) mass is 569 g/mol. The Bertz CT molecular complexity index is 1130. The average molecular weight is 570 g/mol. The maximum atomic E-state index is 14.0. The Hall–Kier alpha value is -2.60. The van der Waals surface area contributed by atoms with Crippen LogP contribution in [0.2, 0.25) is 0 Å². The maximum Gasteiger partial charge on any atom is 0.323 e. The van der Waals surface area contributed by atoms with Crippen LogP contribution in [-0.4, -0.2) is 69.2 Å². The number of ether oxygens (including phenoxy) is 3. The minimum atomic E-state index is -3.66. The van der Waals surface area contributed by atoms with Crippen LogP contribution in [0.5, 0.6) is 0 Å². The normalized spacial score (nSPS) is 15.1. The smallest absolute Gasteiger partial charge is 0.323 e. The predicted molar refractivity (Wildman–Crippen MR) is 149 cm³/mol. The summed E-state index contributed by atoms with van der Waals surface area (Å²) in [7, 11) is -3.66. The number of nitrogen functional groups attached to an aromatic ring is 1.